The van der Waals surface area contributed by atoms with E-state index in [1.165, 1.54) is 0 Å². The van der Waals surface area contributed by atoms with Crippen LogP contribution in [-0.4, -0.2) is 30.4 Å². The van der Waals surface area contributed by atoms with E-state index in [4.69, 9.17) is 5.11 Å². The van der Waals surface area contributed by atoms with Crippen molar-refractivity contribution in [2.75, 3.05) is 24.7 Å². The van der Waals surface area contributed by atoms with Crippen LogP contribution in [0.4, 0.5) is 5.69 Å². The Kier molecular flexibility index (Phi) is 3.48. The number of benzene rings is 1. The molecular formula is C11H14N2O2S. The fourth-order valence-electron chi connectivity index (χ4n) is 1.78. The largest absolute Gasteiger partial charge is 0.396 e. The van der Waals surface area contributed by atoms with Crippen LogP contribution in [-0.2, 0) is 4.79 Å². The summed E-state index contributed by atoms with van der Waals surface area (Å²) in [5.41, 5.74) is 1.85. The third kappa shape index (κ3) is 2.07. The predicted octanol–water partition coefficient (Wildman–Crippen LogP) is 0.984. The van der Waals surface area contributed by atoms with Crippen LogP contribution < -0.4 is 10.6 Å². The lowest BCUT2D eigenvalue weighted by atomic mass is 10.1. The Morgan fingerprint density at radius 1 is 1.56 bits per heavy atom. The highest BCUT2D eigenvalue weighted by atomic mass is 32.2. The smallest absolute Gasteiger partial charge is 0.246 e. The first-order valence-electron chi connectivity index (χ1n) is 5.12. The van der Waals surface area contributed by atoms with Gasteiger partial charge in [0.1, 0.15) is 6.04 Å². The van der Waals surface area contributed by atoms with Crippen molar-refractivity contribution in [1.29, 1.82) is 0 Å². The van der Waals surface area contributed by atoms with Crippen LogP contribution in [0, 0.1) is 0 Å². The van der Waals surface area contributed by atoms with E-state index in [1.54, 1.807) is 18.8 Å². The topological polar surface area (TPSA) is 61.4 Å². The monoisotopic (exact) mass is 238 g/mol. The van der Waals surface area contributed by atoms with Crippen molar-refractivity contribution in [3.05, 3.63) is 23.8 Å². The molecule has 0 bridgehead atoms. The van der Waals surface area contributed by atoms with Crippen LogP contribution in [0.2, 0.25) is 0 Å². The molecule has 16 heavy (non-hydrogen) atoms. The van der Waals surface area contributed by atoms with E-state index < -0.39 is 0 Å². The Morgan fingerprint density at radius 3 is 3.06 bits per heavy atom. The van der Waals surface area contributed by atoms with E-state index in [2.05, 4.69) is 10.6 Å². The van der Waals surface area contributed by atoms with E-state index in [0.717, 1.165) is 16.1 Å². The minimum absolute atomic E-state index is 0.0122. The summed E-state index contributed by atoms with van der Waals surface area (Å²) in [6, 6.07) is 5.63. The molecule has 1 amide bonds. The van der Waals surface area contributed by atoms with Crippen LogP contribution in [0.25, 0.3) is 0 Å². The number of aliphatic hydroxyl groups is 1. The van der Waals surface area contributed by atoms with Crippen molar-refractivity contribution in [2.24, 2.45) is 0 Å². The Labute approximate surface area is 98.4 Å². The van der Waals surface area contributed by atoms with Gasteiger partial charge in [-0.15, -0.1) is 11.8 Å². The Bertz CT molecular complexity index is 409. The van der Waals surface area contributed by atoms with E-state index in [-0.39, 0.29) is 18.6 Å². The second kappa shape index (κ2) is 4.86. The van der Waals surface area contributed by atoms with E-state index in [0.29, 0.717) is 5.75 Å². The lowest BCUT2D eigenvalue weighted by Gasteiger charge is -2.07. The number of hydrogen-bond acceptors (Lipinski definition) is 4. The number of thioether (sulfide) groups is 1. The molecule has 1 aromatic rings. The zero-order chi connectivity index (χ0) is 11.5. The zero-order valence-corrected chi connectivity index (χ0v) is 9.80. The maximum atomic E-state index is 11.6. The summed E-state index contributed by atoms with van der Waals surface area (Å²) in [5, 5.41) is 14.6. The van der Waals surface area contributed by atoms with E-state index >= 15 is 0 Å². The third-order valence-electron chi connectivity index (χ3n) is 2.50. The van der Waals surface area contributed by atoms with Gasteiger partial charge in [0.2, 0.25) is 5.91 Å². The zero-order valence-electron chi connectivity index (χ0n) is 8.99. The second-order valence-electron chi connectivity index (χ2n) is 3.53. The van der Waals surface area contributed by atoms with Crippen molar-refractivity contribution < 1.29 is 9.90 Å². The number of carbonyl (C=O) groups is 1. The van der Waals surface area contributed by atoms with Crippen LogP contribution >= 0.6 is 11.8 Å². The number of anilines is 1. The van der Waals surface area contributed by atoms with Gasteiger partial charge in [0.25, 0.3) is 0 Å². The van der Waals surface area contributed by atoms with Crippen LogP contribution in [0.5, 0.6) is 0 Å². The van der Waals surface area contributed by atoms with Crippen molar-refractivity contribution in [3.63, 3.8) is 0 Å². The molecule has 1 aliphatic rings. The average molecular weight is 238 g/mol. The molecule has 1 aliphatic heterocycles. The van der Waals surface area contributed by atoms with Gasteiger partial charge >= 0.3 is 0 Å². The SMILES string of the molecule is CNC1C(=O)Nc2cc(SCCO)ccc21. The Hall–Kier alpha value is -1.04. The summed E-state index contributed by atoms with van der Waals surface area (Å²) in [6.07, 6.45) is 0. The van der Waals surface area contributed by atoms with Gasteiger partial charge in [-0.1, -0.05) is 6.07 Å². The molecule has 3 N–H and O–H groups in total. The molecule has 0 saturated heterocycles. The lowest BCUT2D eigenvalue weighted by molar-refractivity contribution is -0.117. The molecule has 4 nitrogen and oxygen atoms in total. The summed E-state index contributed by atoms with van der Waals surface area (Å²) in [7, 11) is 1.77. The van der Waals surface area contributed by atoms with Crippen molar-refractivity contribution in [3.8, 4) is 0 Å². The van der Waals surface area contributed by atoms with Crippen molar-refractivity contribution >= 4 is 23.4 Å². The molecule has 86 valence electrons. The molecule has 0 radical (unpaired) electrons. The average Bonchev–Trinajstić information content (AvgIpc) is 2.60. The van der Waals surface area contributed by atoms with Crippen LogP contribution in [0.15, 0.2) is 23.1 Å². The van der Waals surface area contributed by atoms with Gasteiger partial charge < -0.3 is 15.7 Å². The molecule has 5 heteroatoms. The molecule has 1 atom stereocenters. The maximum Gasteiger partial charge on any atom is 0.246 e. The molecule has 1 heterocycles. The normalized spacial score (nSPS) is 18.4. The molecule has 1 aromatic carbocycles. The highest BCUT2D eigenvalue weighted by molar-refractivity contribution is 7.99. The molecule has 1 unspecified atom stereocenters. The van der Waals surface area contributed by atoms with E-state index in [1.807, 2.05) is 18.2 Å². The number of hydrogen-bond donors (Lipinski definition) is 3. The molecule has 2 rings (SSSR count). The molecule has 0 aromatic heterocycles. The van der Waals surface area contributed by atoms with Gasteiger partial charge in [-0.05, 0) is 19.2 Å². The quantitative estimate of drug-likeness (QED) is 0.684. The predicted molar refractivity (Wildman–Crippen MR) is 64.7 cm³/mol. The first-order valence-corrected chi connectivity index (χ1v) is 6.10. The number of fused-ring (bicyclic) bond motifs is 1. The summed E-state index contributed by atoms with van der Waals surface area (Å²) < 4.78 is 0. The second-order valence-corrected chi connectivity index (χ2v) is 4.70. The van der Waals surface area contributed by atoms with E-state index in [9.17, 15) is 4.79 Å². The Balaban J connectivity index is 2.22. The summed E-state index contributed by atoms with van der Waals surface area (Å²) in [4.78, 5) is 12.6. The maximum absolute atomic E-state index is 11.6. The Morgan fingerprint density at radius 2 is 2.38 bits per heavy atom. The molecular weight excluding hydrogens is 224 g/mol. The summed E-state index contributed by atoms with van der Waals surface area (Å²) in [6.45, 7) is 0.160. The first kappa shape index (κ1) is 11.4. The number of nitrogens with one attached hydrogen (secondary N) is 2. The van der Waals surface area contributed by atoms with Gasteiger partial charge in [0, 0.05) is 21.9 Å². The van der Waals surface area contributed by atoms with Gasteiger partial charge in [-0.25, -0.2) is 0 Å². The number of rotatable bonds is 4. The third-order valence-corrected chi connectivity index (χ3v) is 3.48. The van der Waals surface area contributed by atoms with Crippen LogP contribution in [0.1, 0.15) is 11.6 Å². The number of amides is 1. The lowest BCUT2D eigenvalue weighted by Crippen LogP contribution is -2.23. The fraction of sp³-hybridized carbons (Fsp3) is 0.364. The van der Waals surface area contributed by atoms with Gasteiger partial charge in [0.15, 0.2) is 0 Å². The highest BCUT2D eigenvalue weighted by Crippen LogP contribution is 2.33. The van der Waals surface area contributed by atoms with Crippen molar-refractivity contribution in [1.82, 2.24) is 5.32 Å². The van der Waals surface area contributed by atoms with Crippen LogP contribution in [0.3, 0.4) is 0 Å². The highest BCUT2D eigenvalue weighted by Gasteiger charge is 2.28. The van der Waals surface area contributed by atoms with Gasteiger partial charge in [-0.3, -0.25) is 4.79 Å². The molecule has 0 saturated carbocycles. The minimum atomic E-state index is -0.244. The molecule has 0 spiro atoms. The first-order chi connectivity index (χ1) is 7.76. The van der Waals surface area contributed by atoms with Gasteiger partial charge in [-0.2, -0.15) is 0 Å². The van der Waals surface area contributed by atoms with Gasteiger partial charge in [0.05, 0.1) is 6.61 Å². The standard InChI is InChI=1S/C11H14N2O2S/c1-12-10-8-3-2-7(16-5-4-14)6-9(8)13-11(10)15/h2-3,6,10,12,14H,4-5H2,1H3,(H,13,15). The van der Waals surface area contributed by atoms with Crippen molar-refractivity contribution in [2.45, 2.75) is 10.9 Å². The summed E-state index contributed by atoms with van der Waals surface area (Å²) >= 11 is 1.57. The minimum Gasteiger partial charge on any atom is -0.396 e. The molecule has 0 fully saturated rings. The number of likely N-dealkylation sites (N-methyl/N-ethyl adjacent to an activating group) is 1. The summed E-state index contributed by atoms with van der Waals surface area (Å²) in [5.74, 6) is 0.657. The number of carbonyl (C=O) groups excluding carboxylic acids is 1. The fourth-order valence-corrected chi connectivity index (χ4v) is 2.47. The molecule has 0 aliphatic carbocycles. The number of aliphatic hydroxyl groups excluding tert-OH is 1.